The van der Waals surface area contributed by atoms with Gasteiger partial charge in [-0.3, -0.25) is 0 Å². The van der Waals surface area contributed by atoms with Gasteiger partial charge in [-0.05, 0) is 80.7 Å². The summed E-state index contributed by atoms with van der Waals surface area (Å²) < 4.78 is 27.9. The van der Waals surface area contributed by atoms with Crippen LogP contribution in [0, 0.1) is 30.0 Å². The zero-order chi connectivity index (χ0) is 29.5. The highest BCUT2D eigenvalue weighted by molar-refractivity contribution is 5.97. The minimum atomic E-state index is -0.128. The molecule has 0 saturated carbocycles. The molecule has 42 heavy (non-hydrogen) atoms. The first-order valence-corrected chi connectivity index (χ1v) is 16.1. The van der Waals surface area contributed by atoms with Crippen molar-refractivity contribution in [2.24, 2.45) is 5.92 Å². The first-order chi connectivity index (χ1) is 20.5. The van der Waals surface area contributed by atoms with E-state index in [1.165, 1.54) is 0 Å². The summed E-state index contributed by atoms with van der Waals surface area (Å²) in [7, 11) is 0. The van der Waals surface area contributed by atoms with Crippen molar-refractivity contribution in [3.8, 4) is 6.07 Å². The van der Waals surface area contributed by atoms with Crippen molar-refractivity contribution < 1.29 is 13.9 Å². The van der Waals surface area contributed by atoms with E-state index in [2.05, 4.69) is 52.9 Å². The SMILES string of the molecule is CCCCOC(OCCCC)C1CCN(c2ccc(C3CCN(c4ccc(C)c5c(C#N)c[nH]c45)CC3)c(F)c2)CC1. The fourth-order valence-corrected chi connectivity index (χ4v) is 6.67. The van der Waals surface area contributed by atoms with Crippen LogP contribution in [0.4, 0.5) is 15.8 Å². The Bertz CT molecular complexity index is 1340. The second-order valence-corrected chi connectivity index (χ2v) is 12.1. The van der Waals surface area contributed by atoms with Crippen LogP contribution < -0.4 is 9.80 Å². The van der Waals surface area contributed by atoms with Crippen molar-refractivity contribution >= 4 is 22.3 Å². The number of halogens is 1. The standard InChI is InChI=1S/C35H47FN4O2/c1-4-6-20-41-35(42-21-7-5-2)27-14-16-39(17-15-27)29-9-10-30(31(36)22-29)26-12-18-40(19-13-26)32-11-8-25(3)33-28(23-37)24-38-34(32)33/h8-11,22,24,26-27,35,38H,4-7,12-21H2,1-3H3. The van der Waals surface area contributed by atoms with Gasteiger partial charge in [0.1, 0.15) is 11.9 Å². The number of unbranched alkanes of at least 4 members (excludes halogenated alkanes) is 2. The lowest BCUT2D eigenvalue weighted by Gasteiger charge is -2.37. The molecule has 5 rings (SSSR count). The number of piperidine rings is 2. The molecule has 0 spiro atoms. The van der Waals surface area contributed by atoms with Crippen molar-refractivity contribution in [2.45, 2.75) is 84.3 Å². The molecule has 7 heteroatoms. The number of rotatable bonds is 12. The lowest BCUT2D eigenvalue weighted by molar-refractivity contribution is -0.177. The fourth-order valence-electron chi connectivity index (χ4n) is 6.67. The van der Waals surface area contributed by atoms with Crippen LogP contribution >= 0.6 is 0 Å². The van der Waals surface area contributed by atoms with Gasteiger partial charge >= 0.3 is 0 Å². The number of hydrogen-bond acceptors (Lipinski definition) is 5. The number of aromatic nitrogens is 1. The first kappa shape index (κ1) is 30.4. The molecule has 226 valence electrons. The van der Waals surface area contributed by atoms with E-state index in [0.717, 1.165) is 124 Å². The molecular formula is C35H47FN4O2. The molecule has 2 fully saturated rings. The maximum Gasteiger partial charge on any atom is 0.160 e. The predicted octanol–water partition coefficient (Wildman–Crippen LogP) is 8.05. The summed E-state index contributed by atoms with van der Waals surface area (Å²) >= 11 is 0. The Morgan fingerprint density at radius 2 is 1.62 bits per heavy atom. The van der Waals surface area contributed by atoms with E-state index in [9.17, 15) is 5.26 Å². The number of nitrogens with one attached hydrogen (secondary N) is 1. The number of hydrogen-bond donors (Lipinski definition) is 1. The van der Waals surface area contributed by atoms with Crippen molar-refractivity contribution in [1.29, 1.82) is 5.26 Å². The third-order valence-electron chi connectivity index (χ3n) is 9.25. The smallest absolute Gasteiger partial charge is 0.160 e. The molecule has 2 saturated heterocycles. The van der Waals surface area contributed by atoms with Crippen LogP contribution in [0.2, 0.25) is 0 Å². The van der Waals surface area contributed by atoms with Gasteiger partial charge in [-0.25, -0.2) is 4.39 Å². The molecule has 0 bridgehead atoms. The van der Waals surface area contributed by atoms with Crippen LogP contribution in [0.25, 0.3) is 10.9 Å². The van der Waals surface area contributed by atoms with Gasteiger partial charge in [0.15, 0.2) is 6.29 Å². The van der Waals surface area contributed by atoms with E-state index in [-0.39, 0.29) is 18.0 Å². The average molecular weight is 575 g/mol. The van der Waals surface area contributed by atoms with Crippen molar-refractivity contribution in [3.63, 3.8) is 0 Å². The minimum Gasteiger partial charge on any atom is -0.371 e. The molecular weight excluding hydrogens is 527 g/mol. The summed E-state index contributed by atoms with van der Waals surface area (Å²) in [6.45, 7) is 11.4. The summed E-state index contributed by atoms with van der Waals surface area (Å²) in [5.74, 6) is 0.510. The van der Waals surface area contributed by atoms with Gasteiger partial charge in [0.05, 0.1) is 16.8 Å². The number of fused-ring (bicyclic) bond motifs is 1. The monoisotopic (exact) mass is 574 g/mol. The molecule has 2 aliphatic rings. The normalized spacial score (nSPS) is 17.0. The zero-order valence-corrected chi connectivity index (χ0v) is 25.6. The number of benzene rings is 2. The van der Waals surface area contributed by atoms with Gasteiger partial charge in [-0.1, -0.05) is 38.8 Å². The van der Waals surface area contributed by atoms with Gasteiger partial charge in [-0.2, -0.15) is 5.26 Å². The van der Waals surface area contributed by atoms with Gasteiger partial charge in [0.25, 0.3) is 0 Å². The summed E-state index contributed by atoms with van der Waals surface area (Å²) in [6.07, 6.45) is 9.82. The number of nitriles is 1. The quantitative estimate of drug-likeness (QED) is 0.175. The Balaban J connectivity index is 1.17. The molecule has 0 amide bonds. The Morgan fingerprint density at radius 1 is 0.952 bits per heavy atom. The molecule has 2 aliphatic heterocycles. The molecule has 0 atom stereocenters. The molecule has 3 aromatic rings. The van der Waals surface area contributed by atoms with E-state index in [0.29, 0.717) is 11.5 Å². The van der Waals surface area contributed by atoms with E-state index in [4.69, 9.17) is 9.47 Å². The van der Waals surface area contributed by atoms with Crippen LogP contribution in [-0.4, -0.2) is 50.7 Å². The molecule has 6 nitrogen and oxygen atoms in total. The largest absolute Gasteiger partial charge is 0.371 e. The second kappa shape index (κ2) is 14.4. The highest BCUT2D eigenvalue weighted by atomic mass is 19.1. The third kappa shape index (κ3) is 6.76. The van der Waals surface area contributed by atoms with E-state index in [1.807, 2.05) is 13.0 Å². The summed E-state index contributed by atoms with van der Waals surface area (Å²) in [5.41, 5.74) is 5.76. The van der Waals surface area contributed by atoms with Crippen LogP contribution in [0.5, 0.6) is 0 Å². The second-order valence-electron chi connectivity index (χ2n) is 12.1. The molecule has 0 radical (unpaired) electrons. The lowest BCUT2D eigenvalue weighted by Crippen LogP contribution is -2.40. The maximum absolute atomic E-state index is 15.5. The number of anilines is 2. The number of nitrogens with zero attached hydrogens (tertiary/aromatic N) is 3. The summed E-state index contributed by atoms with van der Waals surface area (Å²) in [4.78, 5) is 8.01. The molecule has 1 aromatic heterocycles. The highest BCUT2D eigenvalue weighted by Gasteiger charge is 2.29. The van der Waals surface area contributed by atoms with Crippen LogP contribution in [-0.2, 0) is 9.47 Å². The Labute approximate surface area is 250 Å². The van der Waals surface area contributed by atoms with Gasteiger partial charge in [-0.15, -0.1) is 0 Å². The number of ether oxygens (including phenoxy) is 2. The summed E-state index contributed by atoms with van der Waals surface area (Å²) in [6, 6.07) is 12.4. The highest BCUT2D eigenvalue weighted by Crippen LogP contribution is 2.37. The molecule has 0 aliphatic carbocycles. The van der Waals surface area contributed by atoms with Crippen molar-refractivity contribution in [3.05, 3.63) is 59.0 Å². The molecule has 0 unspecified atom stereocenters. The van der Waals surface area contributed by atoms with E-state index in [1.54, 1.807) is 12.3 Å². The van der Waals surface area contributed by atoms with Gasteiger partial charge < -0.3 is 24.3 Å². The van der Waals surface area contributed by atoms with Crippen molar-refractivity contribution in [2.75, 3.05) is 49.2 Å². The third-order valence-corrected chi connectivity index (χ3v) is 9.25. The number of aromatic amines is 1. The first-order valence-electron chi connectivity index (χ1n) is 16.1. The Kier molecular flexibility index (Phi) is 10.4. The molecule has 3 heterocycles. The Morgan fingerprint density at radius 3 is 2.24 bits per heavy atom. The van der Waals surface area contributed by atoms with Crippen molar-refractivity contribution in [1.82, 2.24) is 4.98 Å². The average Bonchev–Trinajstić information content (AvgIpc) is 3.46. The molecule has 2 aromatic carbocycles. The number of aryl methyl sites for hydroxylation is 1. The lowest BCUT2D eigenvalue weighted by atomic mass is 9.88. The van der Waals surface area contributed by atoms with E-state index < -0.39 is 0 Å². The predicted molar refractivity (Wildman–Crippen MR) is 169 cm³/mol. The van der Waals surface area contributed by atoms with Gasteiger partial charge in [0.2, 0.25) is 0 Å². The number of H-pyrrole nitrogens is 1. The summed E-state index contributed by atoms with van der Waals surface area (Å²) in [5, 5.41) is 10.5. The zero-order valence-electron chi connectivity index (χ0n) is 25.6. The Hall–Kier alpha value is -3.08. The van der Waals surface area contributed by atoms with Crippen LogP contribution in [0.1, 0.15) is 87.8 Å². The van der Waals surface area contributed by atoms with E-state index >= 15 is 4.39 Å². The van der Waals surface area contributed by atoms with Crippen LogP contribution in [0.3, 0.4) is 0 Å². The van der Waals surface area contributed by atoms with Crippen LogP contribution in [0.15, 0.2) is 36.5 Å². The topological polar surface area (TPSA) is 64.5 Å². The minimum absolute atomic E-state index is 0.0856. The fraction of sp³-hybridized carbons (Fsp3) is 0.571. The maximum atomic E-state index is 15.5. The van der Waals surface area contributed by atoms with Gasteiger partial charge in [0, 0.05) is 62.6 Å². The molecule has 1 N–H and O–H groups in total.